The molecule has 4 heteroatoms. The van der Waals surface area contributed by atoms with Gasteiger partial charge in [0.2, 0.25) is 0 Å². The molecule has 0 aliphatic heterocycles. The Balaban J connectivity index is 3.81. The fraction of sp³-hybridized carbons (Fsp3) is 1.00. The Hall–Kier alpha value is -0.0900. The van der Waals surface area contributed by atoms with E-state index in [4.69, 9.17) is 0 Å². The summed E-state index contributed by atoms with van der Waals surface area (Å²) in [4.78, 5) is 1.99. The summed E-state index contributed by atoms with van der Waals surface area (Å²) < 4.78 is 21.9. The van der Waals surface area contributed by atoms with Gasteiger partial charge in [0.15, 0.2) is 0 Å². The third-order valence-electron chi connectivity index (χ3n) is 1.71. The highest BCUT2D eigenvalue weighted by molar-refractivity contribution is 7.91. The molecule has 0 saturated heterocycles. The molecule has 0 rings (SSSR count). The Morgan fingerprint density at radius 3 is 2.09 bits per heavy atom. The topological polar surface area (TPSA) is 37.4 Å². The van der Waals surface area contributed by atoms with Crippen molar-refractivity contribution in [3.63, 3.8) is 0 Å². The zero-order valence-corrected chi connectivity index (χ0v) is 8.48. The minimum atomic E-state index is -2.83. The van der Waals surface area contributed by atoms with Gasteiger partial charge in [0.1, 0.15) is 9.84 Å². The van der Waals surface area contributed by atoms with Crippen LogP contribution in [0.1, 0.15) is 13.3 Å². The van der Waals surface area contributed by atoms with Gasteiger partial charge in [-0.1, -0.05) is 0 Å². The normalized spacial score (nSPS) is 15.4. The predicted octanol–water partition coefficient (Wildman–Crippen LogP) is 0.371. The lowest BCUT2D eigenvalue weighted by atomic mass is 10.3. The van der Waals surface area contributed by atoms with Crippen molar-refractivity contribution in [3.8, 4) is 0 Å². The van der Waals surface area contributed by atoms with E-state index in [9.17, 15) is 8.42 Å². The number of rotatable bonds is 4. The molecule has 0 bridgehead atoms. The highest BCUT2D eigenvalue weighted by Gasteiger charge is 2.13. The van der Waals surface area contributed by atoms with Crippen molar-refractivity contribution >= 4 is 9.84 Å². The molecular formula is C7H17NO2S. The Labute approximate surface area is 69.3 Å². The zero-order chi connectivity index (χ0) is 9.07. The summed E-state index contributed by atoms with van der Waals surface area (Å²) in [6, 6.07) is 0. The molecule has 0 aliphatic carbocycles. The molecule has 0 aromatic carbocycles. The summed E-state index contributed by atoms with van der Waals surface area (Å²) in [7, 11) is 1.05. The number of nitrogens with zero attached hydrogens (tertiary/aromatic N) is 1. The maximum Gasteiger partial charge on any atom is 0.150 e. The van der Waals surface area contributed by atoms with Crippen molar-refractivity contribution in [2.75, 3.05) is 26.9 Å². The van der Waals surface area contributed by atoms with Gasteiger partial charge in [0.05, 0.1) is 5.25 Å². The van der Waals surface area contributed by atoms with Gasteiger partial charge in [-0.2, -0.15) is 0 Å². The summed E-state index contributed by atoms with van der Waals surface area (Å²) in [5.74, 6) is 0. The lowest BCUT2D eigenvalue weighted by Gasteiger charge is -2.13. The van der Waals surface area contributed by atoms with Gasteiger partial charge in [-0.05, 0) is 34.0 Å². The molecule has 0 aliphatic rings. The highest BCUT2D eigenvalue weighted by Crippen LogP contribution is 2.02. The smallest absolute Gasteiger partial charge is 0.150 e. The van der Waals surface area contributed by atoms with Gasteiger partial charge < -0.3 is 4.90 Å². The monoisotopic (exact) mass is 179 g/mol. The Morgan fingerprint density at radius 1 is 1.36 bits per heavy atom. The summed E-state index contributed by atoms with van der Waals surface area (Å²) >= 11 is 0. The van der Waals surface area contributed by atoms with Crippen LogP contribution in [0.25, 0.3) is 0 Å². The van der Waals surface area contributed by atoms with Crippen LogP contribution in [0.15, 0.2) is 0 Å². The van der Waals surface area contributed by atoms with Gasteiger partial charge in [0, 0.05) is 6.26 Å². The van der Waals surface area contributed by atoms with Crippen LogP contribution in [0.3, 0.4) is 0 Å². The molecule has 1 unspecified atom stereocenters. The molecule has 0 aromatic heterocycles. The first-order valence-corrected chi connectivity index (χ1v) is 5.63. The quantitative estimate of drug-likeness (QED) is 0.626. The second kappa shape index (κ2) is 4.07. The van der Waals surface area contributed by atoms with E-state index in [-0.39, 0.29) is 5.25 Å². The van der Waals surface area contributed by atoms with Crippen LogP contribution in [0.5, 0.6) is 0 Å². The fourth-order valence-corrected chi connectivity index (χ4v) is 1.19. The Morgan fingerprint density at radius 2 is 1.82 bits per heavy atom. The Kier molecular flexibility index (Phi) is 4.03. The maximum absolute atomic E-state index is 10.9. The van der Waals surface area contributed by atoms with Crippen LogP contribution < -0.4 is 0 Å². The van der Waals surface area contributed by atoms with Gasteiger partial charge in [-0.25, -0.2) is 8.42 Å². The molecule has 68 valence electrons. The standard InChI is InChI=1S/C7H17NO2S/c1-7(11(4,9)10)5-6-8(2)3/h7H,5-6H2,1-4H3. The van der Waals surface area contributed by atoms with Crippen molar-refractivity contribution in [2.24, 2.45) is 0 Å². The van der Waals surface area contributed by atoms with Gasteiger partial charge in [-0.3, -0.25) is 0 Å². The molecule has 0 spiro atoms. The number of sulfone groups is 1. The minimum Gasteiger partial charge on any atom is -0.309 e. The van der Waals surface area contributed by atoms with E-state index in [1.807, 2.05) is 19.0 Å². The predicted molar refractivity (Wildman–Crippen MR) is 47.5 cm³/mol. The first-order chi connectivity index (χ1) is 4.84. The average Bonchev–Trinajstić information content (AvgIpc) is 1.80. The van der Waals surface area contributed by atoms with Crippen LogP contribution >= 0.6 is 0 Å². The minimum absolute atomic E-state index is 0.218. The van der Waals surface area contributed by atoms with E-state index in [0.717, 1.165) is 6.54 Å². The van der Waals surface area contributed by atoms with Gasteiger partial charge in [-0.15, -0.1) is 0 Å². The molecule has 3 nitrogen and oxygen atoms in total. The van der Waals surface area contributed by atoms with E-state index in [1.165, 1.54) is 6.26 Å². The van der Waals surface area contributed by atoms with Gasteiger partial charge in [0.25, 0.3) is 0 Å². The lowest BCUT2D eigenvalue weighted by molar-refractivity contribution is 0.397. The average molecular weight is 179 g/mol. The van der Waals surface area contributed by atoms with Crippen molar-refractivity contribution in [1.82, 2.24) is 4.90 Å². The zero-order valence-electron chi connectivity index (χ0n) is 7.66. The molecule has 0 N–H and O–H groups in total. The lowest BCUT2D eigenvalue weighted by Crippen LogP contribution is -2.23. The van der Waals surface area contributed by atoms with Crippen molar-refractivity contribution in [2.45, 2.75) is 18.6 Å². The van der Waals surface area contributed by atoms with E-state index in [1.54, 1.807) is 6.92 Å². The highest BCUT2D eigenvalue weighted by atomic mass is 32.2. The molecule has 0 heterocycles. The van der Waals surface area contributed by atoms with Crippen LogP contribution in [-0.2, 0) is 9.84 Å². The summed E-state index contributed by atoms with van der Waals surface area (Å²) in [5, 5.41) is -0.218. The molecule has 0 aromatic rings. The van der Waals surface area contributed by atoms with E-state index >= 15 is 0 Å². The van der Waals surface area contributed by atoms with Crippen molar-refractivity contribution in [1.29, 1.82) is 0 Å². The summed E-state index contributed by atoms with van der Waals surface area (Å²) in [6.45, 7) is 2.58. The molecule has 1 atom stereocenters. The van der Waals surface area contributed by atoms with Crippen LogP contribution in [0.4, 0.5) is 0 Å². The summed E-state index contributed by atoms with van der Waals surface area (Å²) in [5.41, 5.74) is 0. The third-order valence-corrected chi connectivity index (χ3v) is 3.41. The Bertz CT molecular complexity index is 196. The molecule has 0 saturated carbocycles. The SMILES string of the molecule is CC(CCN(C)C)S(C)(=O)=O. The van der Waals surface area contributed by atoms with Crippen LogP contribution in [0, 0.1) is 0 Å². The first kappa shape index (κ1) is 10.9. The fourth-order valence-electron chi connectivity index (χ4n) is 0.654. The largest absolute Gasteiger partial charge is 0.309 e. The summed E-state index contributed by atoms with van der Waals surface area (Å²) in [6.07, 6.45) is 2.00. The number of hydrogen-bond acceptors (Lipinski definition) is 3. The van der Waals surface area contributed by atoms with Crippen LogP contribution in [-0.4, -0.2) is 45.5 Å². The molecular weight excluding hydrogens is 162 g/mol. The van der Waals surface area contributed by atoms with Crippen molar-refractivity contribution in [3.05, 3.63) is 0 Å². The second-order valence-electron chi connectivity index (χ2n) is 3.23. The van der Waals surface area contributed by atoms with E-state index < -0.39 is 9.84 Å². The van der Waals surface area contributed by atoms with Crippen LogP contribution in [0.2, 0.25) is 0 Å². The third kappa shape index (κ3) is 5.21. The molecule has 11 heavy (non-hydrogen) atoms. The van der Waals surface area contributed by atoms with Crippen molar-refractivity contribution < 1.29 is 8.42 Å². The number of hydrogen-bond donors (Lipinski definition) is 0. The maximum atomic E-state index is 10.9. The van der Waals surface area contributed by atoms with E-state index in [2.05, 4.69) is 0 Å². The first-order valence-electron chi connectivity index (χ1n) is 3.67. The van der Waals surface area contributed by atoms with E-state index in [0.29, 0.717) is 6.42 Å². The molecule has 0 radical (unpaired) electrons. The molecule has 0 amide bonds. The second-order valence-corrected chi connectivity index (χ2v) is 5.70. The molecule has 0 fully saturated rings. The van der Waals surface area contributed by atoms with Gasteiger partial charge >= 0.3 is 0 Å².